The lowest BCUT2D eigenvalue weighted by Gasteiger charge is -2.27. The standard InChI is InChI=1S/C31H31N5O4S/c1-3-26(29(38)33-21-12-9-13-22(18-21)40-2)41-31-35-24-15-8-7-14-23(24)28-34-25(30(39)36(28)31)16-17-27(37)32-19-20-10-5-4-6-11-20/h4-15,18,25-26H,3,16-17,19H2,1-2H3,(H,32,37)(H,33,38). The van der Waals surface area contributed by atoms with Gasteiger partial charge in [-0.25, -0.2) is 9.89 Å². The molecule has 0 saturated carbocycles. The Bertz CT molecular complexity index is 1510. The largest absolute Gasteiger partial charge is 0.497 e. The summed E-state index contributed by atoms with van der Waals surface area (Å²) in [5, 5.41) is 5.73. The van der Waals surface area contributed by atoms with Crippen LogP contribution >= 0.6 is 11.8 Å². The Morgan fingerprint density at radius 1 is 1.05 bits per heavy atom. The number of thioether (sulfide) groups is 1. The first kappa shape index (κ1) is 28.1. The number of carbonyl (C=O) groups is 3. The maximum absolute atomic E-state index is 13.6. The van der Waals surface area contributed by atoms with Gasteiger partial charge in [0.25, 0.3) is 5.91 Å². The van der Waals surface area contributed by atoms with Crippen LogP contribution in [-0.2, 0) is 20.9 Å². The quantitative estimate of drug-likeness (QED) is 0.361. The van der Waals surface area contributed by atoms with E-state index in [1.165, 1.54) is 16.7 Å². The highest BCUT2D eigenvalue weighted by Crippen LogP contribution is 2.36. The third-order valence-corrected chi connectivity index (χ3v) is 8.09. The zero-order valence-corrected chi connectivity index (χ0v) is 23.7. The third kappa shape index (κ3) is 6.49. The lowest BCUT2D eigenvalue weighted by atomic mass is 10.1. The molecule has 2 aliphatic rings. The van der Waals surface area contributed by atoms with E-state index in [0.29, 0.717) is 41.1 Å². The number of hydrogen-bond donors (Lipinski definition) is 2. The van der Waals surface area contributed by atoms with Crippen LogP contribution in [0.15, 0.2) is 88.8 Å². The van der Waals surface area contributed by atoms with Crippen LogP contribution in [0, 0.1) is 0 Å². The molecule has 210 valence electrons. The lowest BCUT2D eigenvalue weighted by Crippen LogP contribution is -2.42. The molecule has 9 nitrogen and oxygen atoms in total. The molecule has 0 saturated heterocycles. The van der Waals surface area contributed by atoms with E-state index in [4.69, 9.17) is 14.7 Å². The second-order valence-corrected chi connectivity index (χ2v) is 10.8. The number of amidine groups is 2. The van der Waals surface area contributed by atoms with Crippen molar-refractivity contribution in [3.8, 4) is 5.75 Å². The molecule has 0 aliphatic carbocycles. The van der Waals surface area contributed by atoms with E-state index < -0.39 is 11.3 Å². The predicted molar refractivity (Wildman–Crippen MR) is 162 cm³/mol. The second kappa shape index (κ2) is 12.8. The van der Waals surface area contributed by atoms with Gasteiger partial charge in [0.05, 0.1) is 18.0 Å². The average molecular weight is 570 g/mol. The molecule has 2 N–H and O–H groups in total. The SMILES string of the molecule is CCC(SC1=Nc2ccccc2C2=NC(CCC(=O)NCc3ccccc3)C(=O)N12)C(=O)Nc1cccc(OC)c1. The number of amides is 3. The molecular weight excluding hydrogens is 538 g/mol. The van der Waals surface area contributed by atoms with Crippen molar-refractivity contribution < 1.29 is 19.1 Å². The number of aliphatic imine (C=N–C) groups is 2. The van der Waals surface area contributed by atoms with Gasteiger partial charge in [-0.1, -0.05) is 67.2 Å². The first-order valence-electron chi connectivity index (χ1n) is 13.5. The topological polar surface area (TPSA) is 112 Å². The zero-order valence-electron chi connectivity index (χ0n) is 22.9. The summed E-state index contributed by atoms with van der Waals surface area (Å²) in [4.78, 5) is 50.4. The van der Waals surface area contributed by atoms with Gasteiger partial charge in [0, 0.05) is 30.3 Å². The zero-order chi connectivity index (χ0) is 28.8. The first-order chi connectivity index (χ1) is 20.0. The van der Waals surface area contributed by atoms with E-state index >= 15 is 0 Å². The number of fused-ring (bicyclic) bond motifs is 3. The summed E-state index contributed by atoms with van der Waals surface area (Å²) < 4.78 is 5.26. The highest BCUT2D eigenvalue weighted by Gasteiger charge is 2.42. The molecule has 2 heterocycles. The second-order valence-electron chi connectivity index (χ2n) is 9.59. The van der Waals surface area contributed by atoms with Crippen molar-refractivity contribution in [2.45, 2.75) is 44.0 Å². The Morgan fingerprint density at radius 3 is 2.61 bits per heavy atom. The number of nitrogens with one attached hydrogen (secondary N) is 2. The Hall–Kier alpha value is -4.44. The number of para-hydroxylation sites is 1. The van der Waals surface area contributed by atoms with Gasteiger partial charge in [-0.3, -0.25) is 19.4 Å². The molecule has 0 radical (unpaired) electrons. The number of anilines is 1. The number of hydrogen-bond acceptors (Lipinski definition) is 7. The van der Waals surface area contributed by atoms with Crippen LogP contribution in [0.2, 0.25) is 0 Å². The number of rotatable bonds is 10. The molecule has 10 heteroatoms. The van der Waals surface area contributed by atoms with Crippen LogP contribution in [0.5, 0.6) is 5.75 Å². The Kier molecular flexibility index (Phi) is 8.79. The van der Waals surface area contributed by atoms with E-state index in [-0.39, 0.29) is 30.6 Å². The first-order valence-corrected chi connectivity index (χ1v) is 14.4. The summed E-state index contributed by atoms with van der Waals surface area (Å²) in [6.07, 6.45) is 0.948. The monoisotopic (exact) mass is 569 g/mol. The Labute approximate surface area is 243 Å². The van der Waals surface area contributed by atoms with Crippen molar-refractivity contribution in [2.24, 2.45) is 9.98 Å². The van der Waals surface area contributed by atoms with Crippen LogP contribution in [0.4, 0.5) is 11.4 Å². The van der Waals surface area contributed by atoms with Crippen LogP contribution in [0.25, 0.3) is 0 Å². The van der Waals surface area contributed by atoms with Crippen molar-refractivity contribution >= 4 is 51.9 Å². The molecule has 2 unspecified atom stereocenters. The number of methoxy groups -OCH3 is 1. The smallest absolute Gasteiger partial charge is 0.259 e. The van der Waals surface area contributed by atoms with E-state index in [1.807, 2.05) is 61.5 Å². The Morgan fingerprint density at radius 2 is 1.83 bits per heavy atom. The predicted octanol–water partition coefficient (Wildman–Crippen LogP) is 4.90. The number of carbonyl (C=O) groups excluding carboxylic acids is 3. The molecule has 0 spiro atoms. The average Bonchev–Trinajstić information content (AvgIpc) is 3.34. The van der Waals surface area contributed by atoms with Gasteiger partial charge in [0.2, 0.25) is 11.8 Å². The fourth-order valence-electron chi connectivity index (χ4n) is 4.59. The summed E-state index contributed by atoms with van der Waals surface area (Å²) in [5.74, 6) is 0.542. The molecule has 0 bridgehead atoms. The van der Waals surface area contributed by atoms with Crippen molar-refractivity contribution in [1.29, 1.82) is 0 Å². The number of ether oxygens (including phenoxy) is 1. The van der Waals surface area contributed by atoms with Crippen LogP contribution in [0.1, 0.15) is 37.3 Å². The molecule has 2 atom stereocenters. The lowest BCUT2D eigenvalue weighted by molar-refractivity contribution is -0.125. The summed E-state index contributed by atoms with van der Waals surface area (Å²) >= 11 is 1.23. The summed E-state index contributed by atoms with van der Waals surface area (Å²) in [6, 6.07) is 23.6. The number of nitrogens with zero attached hydrogens (tertiary/aromatic N) is 3. The minimum Gasteiger partial charge on any atom is -0.497 e. The van der Waals surface area contributed by atoms with Gasteiger partial charge < -0.3 is 15.4 Å². The summed E-state index contributed by atoms with van der Waals surface area (Å²) in [7, 11) is 1.57. The van der Waals surface area contributed by atoms with Crippen molar-refractivity contribution in [3.63, 3.8) is 0 Å². The highest BCUT2D eigenvalue weighted by atomic mass is 32.2. The van der Waals surface area contributed by atoms with Crippen molar-refractivity contribution in [2.75, 3.05) is 12.4 Å². The van der Waals surface area contributed by atoms with E-state index in [1.54, 1.807) is 31.4 Å². The van der Waals surface area contributed by atoms with E-state index in [0.717, 1.165) is 11.1 Å². The fraction of sp³-hybridized carbons (Fsp3) is 0.258. The molecule has 3 amide bonds. The maximum Gasteiger partial charge on any atom is 0.259 e. The molecule has 2 aliphatic heterocycles. The van der Waals surface area contributed by atoms with Crippen molar-refractivity contribution in [3.05, 3.63) is 90.0 Å². The van der Waals surface area contributed by atoms with E-state index in [2.05, 4.69) is 10.6 Å². The van der Waals surface area contributed by atoms with Crippen LogP contribution in [-0.4, -0.2) is 52.0 Å². The third-order valence-electron chi connectivity index (χ3n) is 6.77. The number of benzene rings is 3. The van der Waals surface area contributed by atoms with Gasteiger partial charge in [-0.05, 0) is 42.7 Å². The molecule has 0 aromatic heterocycles. The van der Waals surface area contributed by atoms with Gasteiger partial charge in [0.1, 0.15) is 17.6 Å². The van der Waals surface area contributed by atoms with Gasteiger partial charge >= 0.3 is 0 Å². The van der Waals surface area contributed by atoms with Gasteiger partial charge in [0.15, 0.2) is 5.17 Å². The maximum atomic E-state index is 13.6. The molecule has 3 aromatic carbocycles. The fourth-order valence-corrected chi connectivity index (χ4v) is 5.61. The van der Waals surface area contributed by atoms with Gasteiger partial charge in [-0.2, -0.15) is 0 Å². The minimum atomic E-state index is -0.713. The summed E-state index contributed by atoms with van der Waals surface area (Å²) in [5.41, 5.74) is 3.05. The molecular formula is C31H31N5O4S. The molecule has 5 rings (SSSR count). The van der Waals surface area contributed by atoms with Gasteiger partial charge in [-0.15, -0.1) is 0 Å². The molecule has 3 aromatic rings. The highest BCUT2D eigenvalue weighted by molar-refractivity contribution is 8.15. The van der Waals surface area contributed by atoms with E-state index in [9.17, 15) is 14.4 Å². The van der Waals surface area contributed by atoms with Crippen LogP contribution < -0.4 is 15.4 Å². The normalized spacial score (nSPS) is 16.2. The van der Waals surface area contributed by atoms with Crippen molar-refractivity contribution in [1.82, 2.24) is 10.2 Å². The molecule has 41 heavy (non-hydrogen) atoms. The molecule has 0 fully saturated rings. The summed E-state index contributed by atoms with van der Waals surface area (Å²) in [6.45, 7) is 2.34. The Balaban J connectivity index is 1.29. The van der Waals surface area contributed by atoms with Crippen LogP contribution in [0.3, 0.4) is 0 Å². The minimum absolute atomic E-state index is 0.143.